The Hall–Kier alpha value is -0.0831. The number of thiocarbonyl (C=S) groups is 2. The van der Waals surface area contributed by atoms with Gasteiger partial charge in [-0.15, -0.1) is 0 Å². The summed E-state index contributed by atoms with van der Waals surface area (Å²) in [6.45, 7) is 5.21. The van der Waals surface area contributed by atoms with Gasteiger partial charge in [-0.3, -0.25) is 0 Å². The van der Waals surface area contributed by atoms with Gasteiger partial charge in [-0.25, -0.2) is 0 Å². The van der Waals surface area contributed by atoms with Crippen molar-refractivity contribution < 1.29 is 18.0 Å². The van der Waals surface area contributed by atoms with Crippen molar-refractivity contribution in [3.05, 3.63) is 0 Å². The fraction of sp³-hybridized carbons (Fsp3) is 0.750. The van der Waals surface area contributed by atoms with Crippen molar-refractivity contribution >= 4 is 43.3 Å². The van der Waals surface area contributed by atoms with Gasteiger partial charge >= 0.3 is 8.80 Å². The lowest BCUT2D eigenvalue weighted by Gasteiger charge is -2.21. The van der Waals surface area contributed by atoms with Gasteiger partial charge in [0, 0.05) is 34.6 Å². The Morgan fingerprint density at radius 3 is 1.33 bits per heavy atom. The Morgan fingerprint density at radius 1 is 0.933 bits per heavy atom. The molecule has 0 aromatic heterocycles. The Morgan fingerprint density at radius 2 is 1.27 bits per heavy atom. The summed E-state index contributed by atoms with van der Waals surface area (Å²) in [7, 11) is 2.26. The zero-order chi connectivity index (χ0) is 12.5. The molecule has 0 aliphatic carbocycles. The van der Waals surface area contributed by atoms with Crippen LogP contribution in [-0.2, 0) is 18.0 Å². The summed E-state index contributed by atoms with van der Waals surface area (Å²) < 4.78 is 19.7. The molecule has 0 fully saturated rings. The zero-order valence-electron chi connectivity index (χ0n) is 9.95. The van der Waals surface area contributed by atoms with Crippen LogP contribution in [0.15, 0.2) is 0 Å². The van der Waals surface area contributed by atoms with E-state index in [4.69, 9.17) is 25.5 Å². The molecule has 0 N–H and O–H groups in total. The van der Waals surface area contributed by atoms with Gasteiger partial charge in [-0.1, -0.05) is 0 Å². The molecule has 0 spiro atoms. The summed E-state index contributed by atoms with van der Waals surface area (Å²) in [6, 6.07) is 0. The highest BCUT2D eigenvalue weighted by molar-refractivity contribution is 7.80. The molecule has 0 saturated carbocycles. The molecule has 0 amide bonds. The number of hydrogen-bond donors (Lipinski definition) is 0. The van der Waals surface area contributed by atoms with Crippen molar-refractivity contribution in [2.24, 2.45) is 0 Å². The van der Waals surface area contributed by atoms with Crippen LogP contribution in [0.2, 0.25) is 6.55 Å². The predicted molar refractivity (Wildman–Crippen MR) is 70.3 cm³/mol. The molecular weight excluding hydrogens is 252 g/mol. The summed E-state index contributed by atoms with van der Waals surface area (Å²) in [6.07, 6.45) is 0. The van der Waals surface area contributed by atoms with Crippen LogP contribution < -0.4 is 0 Å². The van der Waals surface area contributed by atoms with Crippen LogP contribution in [0.1, 0.15) is 13.8 Å². The topological polar surface area (TPSA) is 36.9 Å². The summed E-state index contributed by atoms with van der Waals surface area (Å²) in [5, 5.41) is 1.04. The van der Waals surface area contributed by atoms with Crippen LogP contribution in [0.4, 0.5) is 0 Å². The normalized spacial score (nSPS) is 9.73. The molecule has 0 aliphatic rings. The van der Waals surface area contributed by atoms with Gasteiger partial charge in [0.15, 0.2) is 5.05 Å². The summed E-state index contributed by atoms with van der Waals surface area (Å²) in [5.41, 5.74) is 0. The SMILES string of the molecule is COC(C)=S.CO[Si](C)(OC)OC(C)=S. The van der Waals surface area contributed by atoms with Gasteiger partial charge < -0.3 is 18.0 Å². The lowest BCUT2D eigenvalue weighted by Crippen LogP contribution is -2.41. The second-order valence-corrected chi connectivity index (χ2v) is 6.46. The fourth-order valence-electron chi connectivity index (χ4n) is 0.428. The van der Waals surface area contributed by atoms with Crippen LogP contribution in [0.5, 0.6) is 0 Å². The van der Waals surface area contributed by atoms with E-state index >= 15 is 0 Å². The molecule has 0 radical (unpaired) electrons. The Balaban J connectivity index is 0. The van der Waals surface area contributed by atoms with E-state index in [1.54, 1.807) is 41.7 Å². The predicted octanol–water partition coefficient (Wildman–Crippen LogP) is 2.19. The number of hydrogen-bond acceptors (Lipinski definition) is 6. The maximum Gasteiger partial charge on any atom is 0.562 e. The Kier molecular flexibility index (Phi) is 10.6. The van der Waals surface area contributed by atoms with Gasteiger partial charge in [0.05, 0.1) is 7.11 Å². The highest BCUT2D eigenvalue weighted by Gasteiger charge is 2.34. The van der Waals surface area contributed by atoms with E-state index in [9.17, 15) is 0 Å². The first-order valence-electron chi connectivity index (χ1n) is 4.15. The van der Waals surface area contributed by atoms with Crippen molar-refractivity contribution in [3.8, 4) is 0 Å². The van der Waals surface area contributed by atoms with Crippen LogP contribution in [0, 0.1) is 0 Å². The van der Waals surface area contributed by atoms with E-state index in [2.05, 4.69) is 17.0 Å². The fourth-order valence-corrected chi connectivity index (χ4v) is 1.74. The van der Waals surface area contributed by atoms with Gasteiger partial charge in [0.2, 0.25) is 0 Å². The minimum Gasteiger partial charge on any atom is -0.495 e. The molecule has 7 heteroatoms. The molecule has 0 saturated heterocycles. The lowest BCUT2D eigenvalue weighted by atomic mass is 10.9. The third kappa shape index (κ3) is 11.8. The van der Waals surface area contributed by atoms with Crippen molar-refractivity contribution in [1.82, 2.24) is 0 Å². The average Bonchev–Trinajstić information content (AvgIpc) is 2.17. The third-order valence-corrected chi connectivity index (χ3v) is 3.92. The van der Waals surface area contributed by atoms with Crippen LogP contribution in [-0.4, -0.2) is 40.2 Å². The monoisotopic (exact) mass is 270 g/mol. The molecule has 15 heavy (non-hydrogen) atoms. The number of rotatable bonds is 3. The molecule has 0 aromatic rings. The average molecular weight is 270 g/mol. The van der Waals surface area contributed by atoms with Crippen LogP contribution in [0.3, 0.4) is 0 Å². The molecule has 4 nitrogen and oxygen atoms in total. The smallest absolute Gasteiger partial charge is 0.495 e. The number of methoxy groups -OCH3 is 1. The van der Waals surface area contributed by atoms with E-state index in [-0.39, 0.29) is 0 Å². The summed E-state index contributed by atoms with van der Waals surface area (Å²) in [5.74, 6) is 0. The molecule has 0 rings (SSSR count). The van der Waals surface area contributed by atoms with Gasteiger partial charge in [-0.05, 0) is 24.4 Å². The maximum absolute atomic E-state index is 5.16. The van der Waals surface area contributed by atoms with Crippen molar-refractivity contribution in [2.45, 2.75) is 20.4 Å². The minimum atomic E-state index is -2.40. The van der Waals surface area contributed by atoms with E-state index < -0.39 is 8.80 Å². The van der Waals surface area contributed by atoms with E-state index in [0.717, 1.165) is 0 Å². The Labute approximate surface area is 103 Å². The minimum absolute atomic E-state index is 0.456. The number of ether oxygens (including phenoxy) is 1. The van der Waals surface area contributed by atoms with Crippen molar-refractivity contribution in [3.63, 3.8) is 0 Å². The third-order valence-electron chi connectivity index (χ3n) is 1.36. The standard InChI is InChI=1S/C5H12O3SSi.C3H6OS/c1-5(9)8-10(4,6-2)7-3;1-3(5)4-2/h1-4H3;1-2H3. The van der Waals surface area contributed by atoms with E-state index in [1.807, 2.05) is 0 Å². The summed E-state index contributed by atoms with van der Waals surface area (Å²) in [4.78, 5) is 0. The molecule has 0 heterocycles. The second kappa shape index (κ2) is 9.17. The van der Waals surface area contributed by atoms with Gasteiger partial charge in [0.1, 0.15) is 5.05 Å². The highest BCUT2D eigenvalue weighted by atomic mass is 32.1. The molecule has 0 bridgehead atoms. The highest BCUT2D eigenvalue weighted by Crippen LogP contribution is 2.06. The largest absolute Gasteiger partial charge is 0.562 e. The molecule has 0 aromatic carbocycles. The first kappa shape index (κ1) is 17.3. The van der Waals surface area contributed by atoms with Crippen LogP contribution >= 0.6 is 24.4 Å². The first-order valence-corrected chi connectivity index (χ1v) is 7.19. The molecular formula is C8H18O4S2Si. The van der Waals surface area contributed by atoms with Crippen molar-refractivity contribution in [2.75, 3.05) is 21.3 Å². The van der Waals surface area contributed by atoms with Crippen LogP contribution in [0.25, 0.3) is 0 Å². The molecule has 0 atom stereocenters. The quantitative estimate of drug-likeness (QED) is 0.578. The summed E-state index contributed by atoms with van der Waals surface area (Å²) >= 11 is 9.20. The second-order valence-electron chi connectivity index (χ2n) is 2.56. The van der Waals surface area contributed by atoms with E-state index in [1.165, 1.54) is 0 Å². The van der Waals surface area contributed by atoms with Crippen molar-refractivity contribution in [1.29, 1.82) is 0 Å². The zero-order valence-corrected chi connectivity index (χ0v) is 12.6. The lowest BCUT2D eigenvalue weighted by molar-refractivity contribution is 0.166. The first-order chi connectivity index (χ1) is 6.81. The van der Waals surface area contributed by atoms with E-state index in [0.29, 0.717) is 10.1 Å². The molecule has 0 aliphatic heterocycles. The van der Waals surface area contributed by atoms with Gasteiger partial charge in [0.25, 0.3) is 0 Å². The Bertz CT molecular complexity index is 207. The molecule has 90 valence electrons. The van der Waals surface area contributed by atoms with Gasteiger partial charge in [-0.2, -0.15) is 0 Å². The molecule has 0 unspecified atom stereocenters. The maximum atomic E-state index is 5.16.